The second-order valence-electron chi connectivity index (χ2n) is 8.06. The summed E-state index contributed by atoms with van der Waals surface area (Å²) in [5, 5.41) is 12.4. The van der Waals surface area contributed by atoms with Gasteiger partial charge in [0.1, 0.15) is 11.9 Å². The second kappa shape index (κ2) is 10.2. The largest absolute Gasteiger partial charge is 0.484 e. The summed E-state index contributed by atoms with van der Waals surface area (Å²) in [5.41, 5.74) is 2.26. The number of hydrogen-bond acceptors (Lipinski definition) is 6. The van der Waals surface area contributed by atoms with E-state index in [1.165, 1.54) is 0 Å². The van der Waals surface area contributed by atoms with Crippen molar-refractivity contribution in [1.82, 2.24) is 24.9 Å². The first-order valence-corrected chi connectivity index (χ1v) is 11.3. The number of likely N-dealkylation sites (tertiary alicyclic amines) is 1. The van der Waals surface area contributed by atoms with Crippen molar-refractivity contribution in [3.63, 3.8) is 0 Å². The molecule has 4 aromatic rings. The normalized spacial score (nSPS) is 14.1. The third-order valence-corrected chi connectivity index (χ3v) is 5.77. The van der Waals surface area contributed by atoms with E-state index in [9.17, 15) is 4.79 Å². The quantitative estimate of drug-likeness (QED) is 0.422. The van der Waals surface area contributed by atoms with Crippen molar-refractivity contribution >= 4 is 5.91 Å². The standard InChI is InChI=1S/C26H25N5O3/c32-26(19-33-22-9-7-21(8-10-22)20-5-2-1-3-6-20)30-17-13-23(14-18-30)34-25-12-11-24(28-29-25)31-16-4-15-27-31/h1-12,15-16,23H,13-14,17-19H2. The molecule has 172 valence electrons. The molecule has 0 spiro atoms. The molecule has 8 heteroatoms. The van der Waals surface area contributed by atoms with Crippen LogP contribution in [0.3, 0.4) is 0 Å². The highest BCUT2D eigenvalue weighted by atomic mass is 16.5. The highest BCUT2D eigenvalue weighted by Crippen LogP contribution is 2.22. The summed E-state index contributed by atoms with van der Waals surface area (Å²) in [6, 6.07) is 23.4. The zero-order valence-corrected chi connectivity index (χ0v) is 18.7. The number of carbonyl (C=O) groups is 1. The lowest BCUT2D eigenvalue weighted by molar-refractivity contribution is -0.135. The average molecular weight is 456 g/mol. The van der Waals surface area contributed by atoms with Crippen molar-refractivity contribution in [2.45, 2.75) is 18.9 Å². The molecule has 5 rings (SSSR count). The molecule has 1 saturated heterocycles. The fourth-order valence-corrected chi connectivity index (χ4v) is 3.91. The third-order valence-electron chi connectivity index (χ3n) is 5.77. The topological polar surface area (TPSA) is 82.4 Å². The van der Waals surface area contributed by atoms with Gasteiger partial charge in [0, 0.05) is 44.4 Å². The van der Waals surface area contributed by atoms with Crippen LogP contribution in [0.1, 0.15) is 12.8 Å². The molecule has 34 heavy (non-hydrogen) atoms. The van der Waals surface area contributed by atoms with Crippen molar-refractivity contribution in [1.29, 1.82) is 0 Å². The molecule has 8 nitrogen and oxygen atoms in total. The van der Waals surface area contributed by atoms with Gasteiger partial charge in [-0.1, -0.05) is 42.5 Å². The predicted octanol–water partition coefficient (Wildman–Crippen LogP) is 3.78. The monoisotopic (exact) mass is 455 g/mol. The van der Waals surface area contributed by atoms with Crippen molar-refractivity contribution in [3.05, 3.63) is 85.2 Å². The van der Waals surface area contributed by atoms with E-state index in [1.807, 2.05) is 59.5 Å². The fraction of sp³-hybridized carbons (Fsp3) is 0.231. The van der Waals surface area contributed by atoms with Crippen LogP contribution < -0.4 is 9.47 Å². The highest BCUT2D eigenvalue weighted by molar-refractivity contribution is 5.78. The van der Waals surface area contributed by atoms with Gasteiger partial charge in [-0.2, -0.15) is 5.10 Å². The van der Waals surface area contributed by atoms with Gasteiger partial charge in [-0.3, -0.25) is 4.79 Å². The Hall–Kier alpha value is -4.20. The van der Waals surface area contributed by atoms with Crippen LogP contribution in [-0.4, -0.2) is 56.6 Å². The van der Waals surface area contributed by atoms with Crippen LogP contribution in [0.15, 0.2) is 85.2 Å². The van der Waals surface area contributed by atoms with E-state index in [0.29, 0.717) is 30.5 Å². The number of carbonyl (C=O) groups excluding carboxylic acids is 1. The molecule has 2 aromatic carbocycles. The van der Waals surface area contributed by atoms with Crippen molar-refractivity contribution in [2.75, 3.05) is 19.7 Å². The number of amides is 1. The molecule has 1 amide bonds. The molecule has 1 aliphatic heterocycles. The Bertz CT molecular complexity index is 1190. The molecule has 0 N–H and O–H groups in total. The summed E-state index contributed by atoms with van der Waals surface area (Å²) in [7, 11) is 0. The lowest BCUT2D eigenvalue weighted by atomic mass is 10.1. The highest BCUT2D eigenvalue weighted by Gasteiger charge is 2.24. The first kappa shape index (κ1) is 21.6. The Morgan fingerprint density at radius 3 is 2.32 bits per heavy atom. The minimum absolute atomic E-state index is 0.000326. The molecule has 0 bridgehead atoms. The summed E-state index contributed by atoms with van der Waals surface area (Å²) in [5.74, 6) is 1.77. The van der Waals surface area contributed by atoms with Gasteiger partial charge in [-0.15, -0.1) is 10.2 Å². The average Bonchev–Trinajstić information content (AvgIpc) is 3.44. The molecule has 0 atom stereocenters. The van der Waals surface area contributed by atoms with Crippen LogP contribution >= 0.6 is 0 Å². The van der Waals surface area contributed by atoms with E-state index in [4.69, 9.17) is 9.47 Å². The molecule has 3 heterocycles. The SMILES string of the molecule is O=C(COc1ccc(-c2ccccc2)cc1)N1CCC(Oc2ccc(-n3cccn3)nn2)CC1. The van der Waals surface area contributed by atoms with Crippen molar-refractivity contribution in [3.8, 4) is 28.6 Å². The molecule has 2 aromatic heterocycles. The summed E-state index contributed by atoms with van der Waals surface area (Å²) in [4.78, 5) is 14.4. The maximum atomic E-state index is 12.6. The van der Waals surface area contributed by atoms with Crippen LogP contribution in [0.2, 0.25) is 0 Å². The number of hydrogen-bond donors (Lipinski definition) is 0. The maximum Gasteiger partial charge on any atom is 0.260 e. The summed E-state index contributed by atoms with van der Waals surface area (Å²) < 4.78 is 13.3. The van der Waals surface area contributed by atoms with Gasteiger partial charge in [0.25, 0.3) is 5.91 Å². The van der Waals surface area contributed by atoms with Crippen LogP contribution in [0.25, 0.3) is 16.9 Å². The number of aromatic nitrogens is 4. The zero-order chi connectivity index (χ0) is 23.2. The minimum Gasteiger partial charge on any atom is -0.484 e. The Morgan fingerprint density at radius 1 is 0.882 bits per heavy atom. The smallest absolute Gasteiger partial charge is 0.260 e. The van der Waals surface area contributed by atoms with E-state index >= 15 is 0 Å². The Kier molecular flexibility index (Phi) is 6.47. The van der Waals surface area contributed by atoms with Gasteiger partial charge in [-0.05, 0) is 35.4 Å². The first-order chi connectivity index (χ1) is 16.7. The number of nitrogens with zero attached hydrogens (tertiary/aromatic N) is 5. The number of ether oxygens (including phenoxy) is 2. The van der Waals surface area contributed by atoms with Gasteiger partial charge in [-0.25, -0.2) is 4.68 Å². The van der Waals surface area contributed by atoms with E-state index in [-0.39, 0.29) is 18.6 Å². The molecule has 0 saturated carbocycles. The summed E-state index contributed by atoms with van der Waals surface area (Å²) in [6.07, 6.45) is 4.97. The molecule has 0 radical (unpaired) electrons. The molecular formula is C26H25N5O3. The van der Waals surface area contributed by atoms with Crippen LogP contribution in [0, 0.1) is 0 Å². The molecule has 0 unspecified atom stereocenters. The Balaban J connectivity index is 1.07. The van der Waals surface area contributed by atoms with Gasteiger partial charge in [0.05, 0.1) is 0 Å². The van der Waals surface area contributed by atoms with Gasteiger partial charge >= 0.3 is 0 Å². The Morgan fingerprint density at radius 2 is 1.65 bits per heavy atom. The van der Waals surface area contributed by atoms with Crippen molar-refractivity contribution in [2.24, 2.45) is 0 Å². The lowest BCUT2D eigenvalue weighted by Crippen LogP contribution is -2.43. The van der Waals surface area contributed by atoms with Gasteiger partial charge in [0.15, 0.2) is 12.4 Å². The number of benzene rings is 2. The first-order valence-electron chi connectivity index (χ1n) is 11.3. The Labute approximate surface area is 197 Å². The third kappa shape index (κ3) is 5.23. The van der Waals surface area contributed by atoms with Crippen LogP contribution in [0.4, 0.5) is 0 Å². The van der Waals surface area contributed by atoms with Crippen LogP contribution in [-0.2, 0) is 4.79 Å². The lowest BCUT2D eigenvalue weighted by Gasteiger charge is -2.31. The van der Waals surface area contributed by atoms with Crippen molar-refractivity contribution < 1.29 is 14.3 Å². The van der Waals surface area contributed by atoms with Crippen LogP contribution in [0.5, 0.6) is 11.6 Å². The molecular weight excluding hydrogens is 430 g/mol. The molecule has 1 aliphatic rings. The van der Waals surface area contributed by atoms with E-state index < -0.39 is 0 Å². The van der Waals surface area contributed by atoms with Gasteiger partial charge in [0.2, 0.25) is 5.88 Å². The minimum atomic E-state index is -0.0195. The number of piperidine rings is 1. The summed E-state index contributed by atoms with van der Waals surface area (Å²) >= 11 is 0. The predicted molar refractivity (Wildman–Crippen MR) is 127 cm³/mol. The summed E-state index contributed by atoms with van der Waals surface area (Å²) in [6.45, 7) is 1.27. The van der Waals surface area contributed by atoms with E-state index in [2.05, 4.69) is 27.4 Å². The maximum absolute atomic E-state index is 12.6. The molecule has 0 aliphatic carbocycles. The van der Waals surface area contributed by atoms with E-state index in [1.54, 1.807) is 23.1 Å². The zero-order valence-electron chi connectivity index (χ0n) is 18.7. The fourth-order valence-electron chi connectivity index (χ4n) is 3.91. The van der Waals surface area contributed by atoms with Gasteiger partial charge < -0.3 is 14.4 Å². The second-order valence-corrected chi connectivity index (χ2v) is 8.06. The molecule has 1 fully saturated rings. The number of rotatable bonds is 7. The van der Waals surface area contributed by atoms with E-state index in [0.717, 1.165) is 24.0 Å².